The smallest absolute Gasteiger partial charge is 0.326 e. The Labute approximate surface area is 141 Å². The number of carbonyl (C=O) groups is 2. The van der Waals surface area contributed by atoms with E-state index in [2.05, 4.69) is 21.2 Å². The number of carboxylic acids is 1. The number of halogens is 2. The van der Waals surface area contributed by atoms with Crippen LogP contribution < -0.4 is 5.32 Å². The fourth-order valence-corrected chi connectivity index (χ4v) is 2.63. The Morgan fingerprint density at radius 2 is 1.77 bits per heavy atom. The topological polar surface area (TPSA) is 66.4 Å². The van der Waals surface area contributed by atoms with E-state index in [1.807, 2.05) is 24.3 Å². The van der Waals surface area contributed by atoms with Crippen LogP contribution in [-0.4, -0.2) is 23.0 Å². The molecule has 2 aromatic carbocycles. The molecule has 0 unspecified atom stereocenters. The second kappa shape index (κ2) is 7.42. The molecule has 0 aliphatic heterocycles. The molecular formula is C16H13BrClNO3. The van der Waals surface area contributed by atoms with Crippen molar-refractivity contribution in [3.05, 3.63) is 69.2 Å². The highest BCUT2D eigenvalue weighted by Crippen LogP contribution is 2.19. The molecule has 2 N–H and O–H groups in total. The van der Waals surface area contributed by atoms with Crippen molar-refractivity contribution in [2.75, 3.05) is 0 Å². The lowest BCUT2D eigenvalue weighted by atomic mass is 10.1. The first-order valence-corrected chi connectivity index (χ1v) is 7.67. The number of carbonyl (C=O) groups excluding carboxylic acids is 1. The highest BCUT2D eigenvalue weighted by molar-refractivity contribution is 9.10. The number of nitrogens with one attached hydrogen (secondary N) is 1. The number of hydrogen-bond donors (Lipinski definition) is 2. The minimum absolute atomic E-state index is 0.174. The third kappa shape index (κ3) is 4.08. The lowest BCUT2D eigenvalue weighted by Gasteiger charge is -2.16. The number of benzene rings is 2. The van der Waals surface area contributed by atoms with Gasteiger partial charge >= 0.3 is 5.97 Å². The van der Waals surface area contributed by atoms with Gasteiger partial charge in [-0.3, -0.25) is 4.79 Å². The van der Waals surface area contributed by atoms with E-state index >= 15 is 0 Å². The van der Waals surface area contributed by atoms with Crippen LogP contribution in [0.5, 0.6) is 0 Å². The molecule has 22 heavy (non-hydrogen) atoms. The standard InChI is InChI=1S/C16H13BrClNO3/c17-12-7-3-1-5-10(12)9-14(16(21)22)19-15(20)11-6-2-4-8-13(11)18/h1-8,14H,9H2,(H,19,20)(H,21,22)/t14-/m0/s1. The van der Waals surface area contributed by atoms with Crippen molar-refractivity contribution in [1.82, 2.24) is 5.32 Å². The van der Waals surface area contributed by atoms with Gasteiger partial charge in [0.15, 0.2) is 0 Å². The van der Waals surface area contributed by atoms with Gasteiger partial charge < -0.3 is 10.4 Å². The predicted molar refractivity (Wildman–Crippen MR) is 88.2 cm³/mol. The molecule has 1 amide bonds. The van der Waals surface area contributed by atoms with Gasteiger partial charge in [-0.05, 0) is 23.8 Å². The van der Waals surface area contributed by atoms with Crippen molar-refractivity contribution in [3.8, 4) is 0 Å². The molecule has 2 rings (SSSR count). The summed E-state index contributed by atoms with van der Waals surface area (Å²) in [4.78, 5) is 23.6. The van der Waals surface area contributed by atoms with Crippen LogP contribution in [-0.2, 0) is 11.2 Å². The summed E-state index contributed by atoms with van der Waals surface area (Å²) in [6, 6.07) is 12.8. The summed E-state index contributed by atoms with van der Waals surface area (Å²) in [7, 11) is 0. The van der Waals surface area contributed by atoms with Crippen LogP contribution in [0.15, 0.2) is 53.0 Å². The van der Waals surface area contributed by atoms with Gasteiger partial charge in [-0.2, -0.15) is 0 Å². The quantitative estimate of drug-likeness (QED) is 0.831. The number of aliphatic carboxylic acids is 1. The molecule has 0 bridgehead atoms. The Morgan fingerprint density at radius 3 is 2.41 bits per heavy atom. The SMILES string of the molecule is O=C(N[C@@H](Cc1ccccc1Br)C(=O)O)c1ccccc1Cl. The predicted octanol–water partition coefficient (Wildman–Crippen LogP) is 3.53. The van der Waals surface area contributed by atoms with E-state index in [0.29, 0.717) is 0 Å². The molecule has 0 fully saturated rings. The van der Waals surface area contributed by atoms with E-state index in [4.69, 9.17) is 11.6 Å². The third-order valence-electron chi connectivity index (χ3n) is 3.10. The number of amides is 1. The molecule has 4 nitrogen and oxygen atoms in total. The van der Waals surface area contributed by atoms with Crippen molar-refractivity contribution in [3.63, 3.8) is 0 Å². The van der Waals surface area contributed by atoms with Gasteiger partial charge in [0, 0.05) is 10.9 Å². The first-order valence-electron chi connectivity index (χ1n) is 6.50. The van der Waals surface area contributed by atoms with Crippen molar-refractivity contribution < 1.29 is 14.7 Å². The summed E-state index contributed by atoms with van der Waals surface area (Å²) in [6.07, 6.45) is 0.174. The van der Waals surface area contributed by atoms with E-state index in [0.717, 1.165) is 10.0 Å². The zero-order valence-electron chi connectivity index (χ0n) is 11.4. The van der Waals surface area contributed by atoms with Gasteiger partial charge in [-0.15, -0.1) is 0 Å². The third-order valence-corrected chi connectivity index (χ3v) is 4.21. The van der Waals surface area contributed by atoms with Gasteiger partial charge in [0.05, 0.1) is 10.6 Å². The Balaban J connectivity index is 2.16. The summed E-state index contributed by atoms with van der Waals surface area (Å²) in [5.41, 5.74) is 1.05. The fourth-order valence-electron chi connectivity index (χ4n) is 1.97. The molecule has 1 atom stereocenters. The minimum atomic E-state index is -1.10. The number of hydrogen-bond acceptors (Lipinski definition) is 2. The Hall–Kier alpha value is -1.85. The van der Waals surface area contributed by atoms with Gasteiger partial charge in [0.1, 0.15) is 6.04 Å². The van der Waals surface area contributed by atoms with Crippen molar-refractivity contribution in [2.24, 2.45) is 0 Å². The lowest BCUT2D eigenvalue weighted by molar-refractivity contribution is -0.139. The molecule has 0 radical (unpaired) electrons. The van der Waals surface area contributed by atoms with Gasteiger partial charge in [-0.1, -0.05) is 57.9 Å². The van der Waals surface area contributed by atoms with Crippen LogP contribution in [0.1, 0.15) is 15.9 Å². The monoisotopic (exact) mass is 381 g/mol. The van der Waals surface area contributed by atoms with Crippen LogP contribution >= 0.6 is 27.5 Å². The van der Waals surface area contributed by atoms with Gasteiger partial charge in [0.2, 0.25) is 0 Å². The van der Waals surface area contributed by atoms with Crippen LogP contribution in [0.4, 0.5) is 0 Å². The summed E-state index contributed by atoms with van der Waals surface area (Å²) < 4.78 is 0.799. The molecule has 0 saturated carbocycles. The van der Waals surface area contributed by atoms with E-state index in [9.17, 15) is 14.7 Å². The van der Waals surface area contributed by atoms with Crippen LogP contribution in [0.25, 0.3) is 0 Å². The summed E-state index contributed by atoms with van der Waals surface area (Å²) in [5.74, 6) is -1.61. The van der Waals surface area contributed by atoms with Gasteiger partial charge in [0.25, 0.3) is 5.91 Å². The molecule has 0 heterocycles. The van der Waals surface area contributed by atoms with Crippen molar-refractivity contribution >= 4 is 39.4 Å². The highest BCUT2D eigenvalue weighted by atomic mass is 79.9. The van der Waals surface area contributed by atoms with E-state index in [1.54, 1.807) is 24.3 Å². The molecule has 0 aliphatic carbocycles. The fraction of sp³-hybridized carbons (Fsp3) is 0.125. The summed E-state index contributed by atoms with van der Waals surface area (Å²) >= 11 is 9.32. The van der Waals surface area contributed by atoms with Crippen molar-refractivity contribution in [1.29, 1.82) is 0 Å². The van der Waals surface area contributed by atoms with Crippen molar-refractivity contribution in [2.45, 2.75) is 12.5 Å². The average Bonchev–Trinajstić information content (AvgIpc) is 2.49. The molecule has 0 aromatic heterocycles. The lowest BCUT2D eigenvalue weighted by Crippen LogP contribution is -2.42. The van der Waals surface area contributed by atoms with Crippen LogP contribution in [0.2, 0.25) is 5.02 Å². The molecule has 6 heteroatoms. The first-order chi connectivity index (χ1) is 10.5. The second-order valence-electron chi connectivity index (χ2n) is 4.64. The maximum Gasteiger partial charge on any atom is 0.326 e. The maximum absolute atomic E-state index is 12.2. The Bertz CT molecular complexity index is 705. The van der Waals surface area contributed by atoms with E-state index in [-0.39, 0.29) is 17.0 Å². The van der Waals surface area contributed by atoms with Crippen LogP contribution in [0, 0.1) is 0 Å². The Morgan fingerprint density at radius 1 is 1.14 bits per heavy atom. The highest BCUT2D eigenvalue weighted by Gasteiger charge is 2.22. The molecule has 114 valence electrons. The van der Waals surface area contributed by atoms with Crippen LogP contribution in [0.3, 0.4) is 0 Å². The first kappa shape index (κ1) is 16.5. The van der Waals surface area contributed by atoms with Gasteiger partial charge in [-0.25, -0.2) is 4.79 Å². The molecular weight excluding hydrogens is 370 g/mol. The molecule has 0 saturated heterocycles. The average molecular weight is 383 g/mol. The molecule has 0 aliphatic rings. The zero-order chi connectivity index (χ0) is 16.1. The largest absolute Gasteiger partial charge is 0.480 e. The van der Waals surface area contributed by atoms with E-state index < -0.39 is 17.9 Å². The zero-order valence-corrected chi connectivity index (χ0v) is 13.8. The Kier molecular flexibility index (Phi) is 5.57. The second-order valence-corrected chi connectivity index (χ2v) is 5.90. The minimum Gasteiger partial charge on any atom is -0.480 e. The number of rotatable bonds is 5. The normalized spacial score (nSPS) is 11.7. The maximum atomic E-state index is 12.2. The summed E-state index contributed by atoms with van der Waals surface area (Å²) in [5, 5.41) is 12.1. The molecule has 2 aromatic rings. The summed E-state index contributed by atoms with van der Waals surface area (Å²) in [6.45, 7) is 0. The number of carboxylic acid groups (broad SMARTS) is 1. The molecule has 0 spiro atoms. The van der Waals surface area contributed by atoms with E-state index in [1.165, 1.54) is 0 Å².